The molecule has 1 unspecified atom stereocenters. The maximum absolute atomic E-state index is 12.2. The summed E-state index contributed by atoms with van der Waals surface area (Å²) in [6.07, 6.45) is 0. The van der Waals surface area contributed by atoms with Crippen molar-refractivity contribution in [2.75, 3.05) is 5.75 Å². The lowest BCUT2D eigenvalue weighted by Gasteiger charge is -2.14. The fraction of sp³-hybridized carbons (Fsp3) is 0.167. The number of carbonyl (C=O) groups excluding carboxylic acids is 1. The Morgan fingerprint density at radius 3 is 2.65 bits per heavy atom. The number of hydrogen-bond donors (Lipinski definition) is 1. The van der Waals surface area contributed by atoms with Crippen LogP contribution in [-0.2, 0) is 4.79 Å². The smallest absolute Gasteiger partial charge is 0.230 e. The van der Waals surface area contributed by atoms with Crippen LogP contribution < -0.4 is 5.32 Å². The van der Waals surface area contributed by atoms with Gasteiger partial charge in [-0.3, -0.25) is 4.79 Å². The topological polar surface area (TPSA) is 46.9 Å². The van der Waals surface area contributed by atoms with Gasteiger partial charge in [0.05, 0.1) is 17.5 Å². The fourth-order valence-corrected chi connectivity index (χ4v) is 4.73. The maximum Gasteiger partial charge on any atom is 0.230 e. The monoisotopic (exact) mass is 465 g/mol. The average Bonchev–Trinajstić information content (AvgIpc) is 3.02. The largest absolute Gasteiger partial charge is 0.349 e. The second kappa shape index (κ2) is 8.94. The number of thioether (sulfide) groups is 1. The van der Waals surface area contributed by atoms with Crippen LogP contribution in [-0.4, -0.2) is 21.4 Å². The van der Waals surface area contributed by atoms with Crippen molar-refractivity contribution in [2.24, 2.45) is 0 Å². The molecule has 8 heteroatoms. The van der Waals surface area contributed by atoms with Gasteiger partial charge in [-0.1, -0.05) is 69.4 Å². The van der Waals surface area contributed by atoms with E-state index in [1.54, 1.807) is 4.68 Å². The van der Waals surface area contributed by atoms with Crippen LogP contribution in [0.25, 0.3) is 5.69 Å². The molecular formula is C18H16BrN3OS3. The zero-order chi connectivity index (χ0) is 18.5. The summed E-state index contributed by atoms with van der Waals surface area (Å²) in [7, 11) is 0. The fourth-order valence-electron chi connectivity index (χ4n) is 2.30. The van der Waals surface area contributed by atoms with Crippen molar-refractivity contribution in [1.82, 2.24) is 15.1 Å². The molecule has 0 fully saturated rings. The molecule has 1 heterocycles. The van der Waals surface area contributed by atoms with E-state index < -0.39 is 0 Å². The van der Waals surface area contributed by atoms with Gasteiger partial charge < -0.3 is 5.32 Å². The van der Waals surface area contributed by atoms with E-state index in [-0.39, 0.29) is 11.9 Å². The number of amides is 1. The highest BCUT2D eigenvalue weighted by Gasteiger charge is 2.12. The Balaban J connectivity index is 1.58. The predicted octanol–water partition coefficient (Wildman–Crippen LogP) is 5.40. The van der Waals surface area contributed by atoms with Crippen LogP contribution >= 0.6 is 51.2 Å². The van der Waals surface area contributed by atoms with Crippen LogP contribution in [0.15, 0.2) is 63.4 Å². The van der Waals surface area contributed by atoms with Gasteiger partial charge in [0.25, 0.3) is 0 Å². The van der Waals surface area contributed by atoms with Crippen molar-refractivity contribution in [1.29, 1.82) is 0 Å². The van der Waals surface area contributed by atoms with E-state index in [0.717, 1.165) is 20.1 Å². The molecule has 0 aliphatic rings. The Labute approximate surface area is 173 Å². The van der Waals surface area contributed by atoms with E-state index >= 15 is 0 Å². The maximum atomic E-state index is 12.2. The second-order valence-electron chi connectivity index (χ2n) is 5.51. The van der Waals surface area contributed by atoms with Crippen LogP contribution in [0.5, 0.6) is 0 Å². The van der Waals surface area contributed by atoms with E-state index in [1.165, 1.54) is 23.1 Å². The summed E-state index contributed by atoms with van der Waals surface area (Å²) >= 11 is 11.6. The van der Waals surface area contributed by atoms with E-state index in [2.05, 4.69) is 26.3 Å². The predicted molar refractivity (Wildman–Crippen MR) is 114 cm³/mol. The Morgan fingerprint density at radius 2 is 1.96 bits per heavy atom. The highest BCUT2D eigenvalue weighted by molar-refractivity contribution is 9.10. The van der Waals surface area contributed by atoms with Crippen molar-refractivity contribution in [3.63, 3.8) is 0 Å². The summed E-state index contributed by atoms with van der Waals surface area (Å²) in [4.78, 5) is 12.2. The molecule has 1 aromatic heterocycles. The Kier molecular flexibility index (Phi) is 6.63. The van der Waals surface area contributed by atoms with Crippen LogP contribution in [0.1, 0.15) is 18.5 Å². The Bertz CT molecular complexity index is 938. The summed E-state index contributed by atoms with van der Waals surface area (Å²) in [5.41, 5.74) is 1.99. The summed E-state index contributed by atoms with van der Waals surface area (Å²) in [5, 5.41) is 7.52. The van der Waals surface area contributed by atoms with Gasteiger partial charge in [0.2, 0.25) is 5.91 Å². The molecule has 26 heavy (non-hydrogen) atoms. The number of nitrogens with zero attached hydrogens (tertiary/aromatic N) is 2. The average molecular weight is 466 g/mol. The third-order valence-electron chi connectivity index (χ3n) is 3.60. The summed E-state index contributed by atoms with van der Waals surface area (Å²) < 4.78 is 4.20. The number of carbonyl (C=O) groups is 1. The Morgan fingerprint density at radius 1 is 1.27 bits per heavy atom. The molecule has 2 aromatic carbocycles. The molecule has 0 aliphatic heterocycles. The molecule has 0 aliphatic carbocycles. The lowest BCUT2D eigenvalue weighted by Crippen LogP contribution is -2.28. The van der Waals surface area contributed by atoms with Crippen molar-refractivity contribution in [2.45, 2.75) is 17.3 Å². The highest BCUT2D eigenvalue weighted by Crippen LogP contribution is 2.24. The van der Waals surface area contributed by atoms with Crippen LogP contribution in [0.3, 0.4) is 0 Å². The zero-order valence-electron chi connectivity index (χ0n) is 13.9. The highest BCUT2D eigenvalue weighted by atomic mass is 79.9. The van der Waals surface area contributed by atoms with Gasteiger partial charge in [-0.25, -0.2) is 4.68 Å². The molecule has 1 N–H and O–H groups in total. The molecule has 4 nitrogen and oxygen atoms in total. The zero-order valence-corrected chi connectivity index (χ0v) is 17.9. The quantitative estimate of drug-likeness (QED) is 0.391. The minimum Gasteiger partial charge on any atom is -0.349 e. The number of rotatable bonds is 6. The van der Waals surface area contributed by atoms with Crippen molar-refractivity contribution >= 4 is 57.2 Å². The molecule has 1 atom stereocenters. The normalized spacial score (nSPS) is 11.9. The van der Waals surface area contributed by atoms with E-state index in [9.17, 15) is 4.79 Å². The standard InChI is InChI=1S/C18H16BrN3OS3/c1-12(13-7-9-14(19)10-8-13)20-16(23)11-25-17-21-22(18(24)26-17)15-5-3-2-4-6-15/h2-10,12H,11H2,1H3,(H,20,23). The summed E-state index contributed by atoms with van der Waals surface area (Å²) in [6.45, 7) is 1.97. The molecular weight excluding hydrogens is 450 g/mol. The summed E-state index contributed by atoms with van der Waals surface area (Å²) in [6, 6.07) is 17.6. The molecule has 1 amide bonds. The van der Waals surface area contributed by atoms with Crippen LogP contribution in [0.2, 0.25) is 0 Å². The first kappa shape index (κ1) is 19.3. The van der Waals surface area contributed by atoms with E-state index in [1.807, 2.05) is 61.5 Å². The molecule has 0 radical (unpaired) electrons. The molecule has 0 bridgehead atoms. The molecule has 0 saturated carbocycles. The lowest BCUT2D eigenvalue weighted by atomic mass is 10.1. The van der Waals surface area contributed by atoms with Crippen molar-refractivity contribution < 1.29 is 4.79 Å². The first-order valence-corrected chi connectivity index (χ1v) is 10.9. The minimum absolute atomic E-state index is 0.0298. The minimum atomic E-state index is -0.0451. The molecule has 3 aromatic rings. The molecule has 134 valence electrons. The van der Waals surface area contributed by atoms with Gasteiger partial charge in [-0.05, 0) is 49.0 Å². The number of nitrogens with one attached hydrogen (secondary N) is 1. The van der Waals surface area contributed by atoms with E-state index in [0.29, 0.717) is 9.71 Å². The number of halogens is 1. The molecule has 0 saturated heterocycles. The SMILES string of the molecule is CC(NC(=O)CSc1nn(-c2ccccc2)c(=S)s1)c1ccc(Br)cc1. The third-order valence-corrected chi connectivity index (χ3v) is 6.50. The number of para-hydroxylation sites is 1. The summed E-state index contributed by atoms with van der Waals surface area (Å²) in [5.74, 6) is 0.274. The van der Waals surface area contributed by atoms with Crippen molar-refractivity contribution in [3.05, 3.63) is 68.6 Å². The number of aromatic nitrogens is 2. The van der Waals surface area contributed by atoms with Crippen LogP contribution in [0, 0.1) is 3.95 Å². The van der Waals surface area contributed by atoms with Gasteiger partial charge in [0.1, 0.15) is 0 Å². The van der Waals surface area contributed by atoms with Gasteiger partial charge in [0.15, 0.2) is 8.29 Å². The Hall–Kier alpha value is -1.48. The molecule has 3 rings (SSSR count). The van der Waals surface area contributed by atoms with Crippen molar-refractivity contribution in [3.8, 4) is 5.69 Å². The van der Waals surface area contributed by atoms with Gasteiger partial charge in [-0.15, -0.1) is 5.10 Å². The number of benzene rings is 2. The lowest BCUT2D eigenvalue weighted by molar-refractivity contribution is -0.119. The molecule has 0 spiro atoms. The van der Waals surface area contributed by atoms with Gasteiger partial charge in [-0.2, -0.15) is 0 Å². The van der Waals surface area contributed by atoms with E-state index in [4.69, 9.17) is 12.2 Å². The first-order valence-electron chi connectivity index (χ1n) is 7.86. The van der Waals surface area contributed by atoms with Gasteiger partial charge >= 0.3 is 0 Å². The third kappa shape index (κ3) is 5.03. The van der Waals surface area contributed by atoms with Gasteiger partial charge in [0, 0.05) is 4.47 Å². The second-order valence-corrected chi connectivity index (χ2v) is 9.27. The van der Waals surface area contributed by atoms with Crippen LogP contribution in [0.4, 0.5) is 0 Å². The number of hydrogen-bond acceptors (Lipinski definition) is 5. The first-order chi connectivity index (χ1) is 12.5.